The Labute approximate surface area is 148 Å². The van der Waals surface area contributed by atoms with Crippen LogP contribution in [0.4, 0.5) is 5.69 Å². The molecule has 25 heavy (non-hydrogen) atoms. The van der Waals surface area contributed by atoms with Crippen molar-refractivity contribution in [2.75, 3.05) is 12.0 Å². The van der Waals surface area contributed by atoms with Crippen molar-refractivity contribution in [3.63, 3.8) is 0 Å². The fourth-order valence-corrected chi connectivity index (χ4v) is 3.83. The molecule has 128 valence electrons. The van der Waals surface area contributed by atoms with Crippen molar-refractivity contribution in [2.24, 2.45) is 0 Å². The molecule has 1 aliphatic heterocycles. The van der Waals surface area contributed by atoms with E-state index in [1.165, 1.54) is 13.2 Å². The third-order valence-electron chi connectivity index (χ3n) is 3.81. The molecule has 1 saturated heterocycles. The van der Waals surface area contributed by atoms with Gasteiger partial charge in [-0.1, -0.05) is 30.3 Å². The Morgan fingerprint density at radius 2 is 1.84 bits per heavy atom. The van der Waals surface area contributed by atoms with Gasteiger partial charge in [-0.05, 0) is 18.2 Å². The summed E-state index contributed by atoms with van der Waals surface area (Å²) in [5.41, 5.74) is 0.389. The van der Waals surface area contributed by atoms with Crippen LogP contribution in [0.3, 0.4) is 0 Å². The van der Waals surface area contributed by atoms with Gasteiger partial charge in [0.25, 0.3) is 0 Å². The molecule has 1 atom stereocenters. The molecule has 0 aromatic heterocycles. The van der Waals surface area contributed by atoms with E-state index in [-0.39, 0.29) is 17.9 Å². The molecule has 1 aliphatic rings. The van der Waals surface area contributed by atoms with Gasteiger partial charge in [0.05, 0.1) is 24.0 Å². The average Bonchev–Trinajstić information content (AvgIpc) is 2.88. The second kappa shape index (κ2) is 6.98. The number of carboxylic acid groups (broad SMARTS) is 1. The van der Waals surface area contributed by atoms with E-state index >= 15 is 0 Å². The number of hydrogen-bond donors (Lipinski definition) is 0. The summed E-state index contributed by atoms with van der Waals surface area (Å²) >= 11 is 1.06. The molecular formula is C18H14NO5S-. The quantitative estimate of drug-likeness (QED) is 0.754. The van der Waals surface area contributed by atoms with Gasteiger partial charge in [0.15, 0.2) is 0 Å². The fraction of sp³-hybridized carbons (Fsp3) is 0.167. The van der Waals surface area contributed by atoms with Crippen LogP contribution in [-0.4, -0.2) is 30.1 Å². The summed E-state index contributed by atoms with van der Waals surface area (Å²) in [6.07, 6.45) is -0.0110. The van der Waals surface area contributed by atoms with E-state index < -0.39 is 17.1 Å². The molecule has 3 rings (SSSR count). The Morgan fingerprint density at radius 3 is 2.56 bits per heavy atom. The summed E-state index contributed by atoms with van der Waals surface area (Å²) in [4.78, 5) is 37.8. The van der Waals surface area contributed by atoms with Crippen LogP contribution in [-0.2, 0) is 9.59 Å². The van der Waals surface area contributed by atoms with Crippen LogP contribution in [0.15, 0.2) is 53.4 Å². The monoisotopic (exact) mass is 356 g/mol. The molecule has 1 heterocycles. The first-order chi connectivity index (χ1) is 12.0. The number of carboxylic acids is 1. The number of carbonyl (C=O) groups is 3. The number of imide groups is 1. The fourth-order valence-electron chi connectivity index (χ4n) is 2.66. The highest BCUT2D eigenvalue weighted by Crippen LogP contribution is 2.38. The molecule has 0 bridgehead atoms. The number of hydrogen-bond acceptors (Lipinski definition) is 6. The number of anilines is 1. The number of thioether (sulfide) groups is 1. The maximum atomic E-state index is 12.7. The molecule has 0 N–H and O–H groups in total. The number of methoxy groups -OCH3 is 1. The minimum absolute atomic E-state index is 0.00323. The number of nitrogens with zero attached hydrogens (tertiary/aromatic N) is 1. The number of benzene rings is 2. The zero-order valence-electron chi connectivity index (χ0n) is 13.3. The van der Waals surface area contributed by atoms with Crippen LogP contribution < -0.4 is 14.7 Å². The van der Waals surface area contributed by atoms with Gasteiger partial charge in [-0.25, -0.2) is 4.90 Å². The molecule has 7 heteroatoms. The SMILES string of the molecule is COc1ccccc1N1C(=O)C[C@H](Sc2ccccc2C(=O)[O-])C1=O. The summed E-state index contributed by atoms with van der Waals surface area (Å²) in [5, 5.41) is 10.5. The van der Waals surface area contributed by atoms with Crippen molar-refractivity contribution in [3.8, 4) is 5.75 Å². The Balaban J connectivity index is 1.89. The maximum absolute atomic E-state index is 12.7. The van der Waals surface area contributed by atoms with E-state index in [0.717, 1.165) is 16.7 Å². The molecule has 0 radical (unpaired) electrons. The van der Waals surface area contributed by atoms with Crippen LogP contribution in [0.2, 0.25) is 0 Å². The lowest BCUT2D eigenvalue weighted by molar-refractivity contribution is -0.255. The molecule has 0 saturated carbocycles. The zero-order valence-corrected chi connectivity index (χ0v) is 14.1. The molecule has 2 aromatic carbocycles. The largest absolute Gasteiger partial charge is 0.545 e. The molecule has 6 nitrogen and oxygen atoms in total. The molecule has 0 spiro atoms. The third-order valence-corrected chi connectivity index (χ3v) is 5.07. The standard InChI is InChI=1S/C18H15NO5S/c1-24-13-8-4-3-7-12(13)19-16(20)10-15(17(19)21)25-14-9-5-2-6-11(14)18(22)23/h2-9,15H,10H2,1H3,(H,22,23)/p-1/t15-/m0/s1. The molecular weight excluding hydrogens is 342 g/mol. The van der Waals surface area contributed by atoms with Gasteiger partial charge in [0.1, 0.15) is 5.75 Å². The van der Waals surface area contributed by atoms with E-state index in [2.05, 4.69) is 0 Å². The topological polar surface area (TPSA) is 86.7 Å². The third kappa shape index (κ3) is 3.23. The Morgan fingerprint density at radius 1 is 1.16 bits per heavy atom. The van der Waals surface area contributed by atoms with Crippen LogP contribution in [0, 0.1) is 0 Å². The molecule has 2 aromatic rings. The van der Waals surface area contributed by atoms with Crippen molar-refractivity contribution < 1.29 is 24.2 Å². The lowest BCUT2D eigenvalue weighted by Gasteiger charge is -2.18. The van der Waals surface area contributed by atoms with E-state index in [4.69, 9.17) is 4.74 Å². The van der Waals surface area contributed by atoms with Crippen molar-refractivity contribution in [1.29, 1.82) is 0 Å². The number of rotatable bonds is 5. The van der Waals surface area contributed by atoms with Gasteiger partial charge in [-0.3, -0.25) is 9.59 Å². The molecule has 1 fully saturated rings. The second-order valence-electron chi connectivity index (χ2n) is 5.33. The number of carbonyl (C=O) groups excluding carboxylic acids is 3. The Hall–Kier alpha value is -2.80. The number of para-hydroxylation sites is 2. The van der Waals surface area contributed by atoms with Gasteiger partial charge in [0, 0.05) is 16.9 Å². The highest BCUT2D eigenvalue weighted by molar-refractivity contribution is 8.00. The minimum atomic E-state index is -1.32. The second-order valence-corrected chi connectivity index (χ2v) is 6.58. The molecule has 0 unspecified atom stereocenters. The summed E-state index contributed by atoms with van der Waals surface area (Å²) in [5.74, 6) is -1.64. The first kappa shape index (κ1) is 17.0. The number of aromatic carboxylic acids is 1. The van der Waals surface area contributed by atoms with Gasteiger partial charge < -0.3 is 14.6 Å². The maximum Gasteiger partial charge on any atom is 0.247 e. The highest BCUT2D eigenvalue weighted by Gasteiger charge is 2.41. The van der Waals surface area contributed by atoms with E-state index in [1.807, 2.05) is 0 Å². The first-order valence-electron chi connectivity index (χ1n) is 7.49. The van der Waals surface area contributed by atoms with Crippen LogP contribution >= 0.6 is 11.8 Å². The molecule has 0 aliphatic carbocycles. The van der Waals surface area contributed by atoms with Crippen LogP contribution in [0.25, 0.3) is 0 Å². The lowest BCUT2D eigenvalue weighted by Crippen LogP contribution is -2.31. The smallest absolute Gasteiger partial charge is 0.247 e. The summed E-state index contributed by atoms with van der Waals surface area (Å²) in [7, 11) is 1.46. The minimum Gasteiger partial charge on any atom is -0.545 e. The van der Waals surface area contributed by atoms with E-state index in [0.29, 0.717) is 16.3 Å². The van der Waals surface area contributed by atoms with Gasteiger partial charge in [-0.2, -0.15) is 0 Å². The predicted molar refractivity (Wildman–Crippen MR) is 90.5 cm³/mol. The van der Waals surface area contributed by atoms with Crippen LogP contribution in [0.5, 0.6) is 5.75 Å². The summed E-state index contributed by atoms with van der Waals surface area (Å²) < 4.78 is 5.22. The first-order valence-corrected chi connectivity index (χ1v) is 8.37. The number of amides is 2. The zero-order chi connectivity index (χ0) is 18.0. The average molecular weight is 356 g/mol. The highest BCUT2D eigenvalue weighted by atomic mass is 32.2. The van der Waals surface area contributed by atoms with Crippen molar-refractivity contribution >= 4 is 35.2 Å². The molecule has 2 amide bonds. The summed E-state index contributed by atoms with van der Waals surface area (Å²) in [6.45, 7) is 0. The van der Waals surface area contributed by atoms with Gasteiger partial charge >= 0.3 is 0 Å². The van der Waals surface area contributed by atoms with Gasteiger partial charge in [0.2, 0.25) is 11.8 Å². The van der Waals surface area contributed by atoms with Gasteiger partial charge in [-0.15, -0.1) is 11.8 Å². The van der Waals surface area contributed by atoms with E-state index in [9.17, 15) is 19.5 Å². The normalized spacial score (nSPS) is 17.0. The van der Waals surface area contributed by atoms with Crippen molar-refractivity contribution in [3.05, 3.63) is 54.1 Å². The lowest BCUT2D eigenvalue weighted by atomic mass is 10.2. The van der Waals surface area contributed by atoms with E-state index in [1.54, 1.807) is 42.5 Å². The Kier molecular flexibility index (Phi) is 4.76. The van der Waals surface area contributed by atoms with Crippen molar-refractivity contribution in [2.45, 2.75) is 16.6 Å². The number of ether oxygens (including phenoxy) is 1. The van der Waals surface area contributed by atoms with Crippen LogP contribution in [0.1, 0.15) is 16.8 Å². The summed E-state index contributed by atoms with van der Waals surface area (Å²) in [6, 6.07) is 13.0. The predicted octanol–water partition coefficient (Wildman–Crippen LogP) is 1.48. The Bertz CT molecular complexity index is 851. The van der Waals surface area contributed by atoms with Crippen molar-refractivity contribution in [1.82, 2.24) is 0 Å².